The second-order valence-corrected chi connectivity index (χ2v) is 4.02. The van der Waals surface area contributed by atoms with Crippen molar-refractivity contribution in [1.82, 2.24) is 9.88 Å². The molecule has 0 unspecified atom stereocenters. The first-order valence-corrected chi connectivity index (χ1v) is 5.66. The van der Waals surface area contributed by atoms with Crippen LogP contribution in [0.5, 0.6) is 0 Å². The monoisotopic (exact) mass is 247 g/mol. The molecule has 1 fully saturated rings. The van der Waals surface area contributed by atoms with Gasteiger partial charge in [0.15, 0.2) is 0 Å². The van der Waals surface area contributed by atoms with Crippen LogP contribution >= 0.6 is 0 Å². The zero-order valence-corrected chi connectivity index (χ0v) is 9.82. The van der Waals surface area contributed by atoms with Crippen molar-refractivity contribution in [2.24, 2.45) is 0 Å². The van der Waals surface area contributed by atoms with Crippen molar-refractivity contribution < 1.29 is 4.92 Å². The molecule has 18 heavy (non-hydrogen) atoms. The van der Waals surface area contributed by atoms with E-state index in [0.29, 0.717) is 25.5 Å². The molecule has 0 bridgehead atoms. The summed E-state index contributed by atoms with van der Waals surface area (Å²) in [7, 11) is 0. The van der Waals surface area contributed by atoms with Crippen LogP contribution in [0.1, 0.15) is 0 Å². The quantitative estimate of drug-likeness (QED) is 0.442. The van der Waals surface area contributed by atoms with Gasteiger partial charge < -0.3 is 4.90 Å². The van der Waals surface area contributed by atoms with E-state index in [1.165, 1.54) is 6.07 Å². The summed E-state index contributed by atoms with van der Waals surface area (Å²) in [6, 6.07) is 5.13. The SMILES string of the molecule is N#CCN1CCN(c2ncccc2[N+](=O)[O-])CC1. The smallest absolute Gasteiger partial charge is 0.311 e. The molecule has 1 aromatic heterocycles. The van der Waals surface area contributed by atoms with E-state index in [1.54, 1.807) is 12.3 Å². The molecule has 7 heteroatoms. The minimum atomic E-state index is -0.413. The summed E-state index contributed by atoms with van der Waals surface area (Å²) in [6.45, 7) is 3.15. The molecule has 1 aliphatic heterocycles. The Kier molecular flexibility index (Phi) is 3.69. The van der Waals surface area contributed by atoms with E-state index in [1.807, 2.05) is 9.80 Å². The molecule has 7 nitrogen and oxygen atoms in total. The van der Waals surface area contributed by atoms with E-state index >= 15 is 0 Å². The van der Waals surface area contributed by atoms with Gasteiger partial charge in [0, 0.05) is 38.4 Å². The molecule has 2 heterocycles. The van der Waals surface area contributed by atoms with Gasteiger partial charge in [-0.25, -0.2) is 4.98 Å². The topological polar surface area (TPSA) is 86.3 Å². The highest BCUT2D eigenvalue weighted by Crippen LogP contribution is 2.25. The van der Waals surface area contributed by atoms with Crippen molar-refractivity contribution in [2.45, 2.75) is 0 Å². The molecule has 0 N–H and O–H groups in total. The summed E-state index contributed by atoms with van der Waals surface area (Å²) in [5, 5.41) is 19.5. The lowest BCUT2D eigenvalue weighted by atomic mass is 10.3. The highest BCUT2D eigenvalue weighted by Gasteiger charge is 2.24. The molecule has 1 aliphatic rings. The lowest BCUT2D eigenvalue weighted by molar-refractivity contribution is -0.384. The standard InChI is InChI=1S/C11H13N5O2/c12-3-5-14-6-8-15(9-7-14)11-10(16(17)18)2-1-4-13-11/h1-2,4H,5-9H2. The van der Waals surface area contributed by atoms with Crippen LogP contribution in [0.15, 0.2) is 18.3 Å². The maximum atomic E-state index is 10.9. The van der Waals surface area contributed by atoms with Crippen molar-refractivity contribution in [3.8, 4) is 6.07 Å². The van der Waals surface area contributed by atoms with Gasteiger partial charge in [-0.3, -0.25) is 15.0 Å². The Morgan fingerprint density at radius 3 is 2.78 bits per heavy atom. The van der Waals surface area contributed by atoms with Crippen LogP contribution in [0.25, 0.3) is 0 Å². The van der Waals surface area contributed by atoms with Gasteiger partial charge in [-0.05, 0) is 6.07 Å². The molecule has 0 spiro atoms. The van der Waals surface area contributed by atoms with Gasteiger partial charge in [-0.1, -0.05) is 0 Å². The zero-order chi connectivity index (χ0) is 13.0. The van der Waals surface area contributed by atoms with Crippen LogP contribution in [-0.4, -0.2) is 47.5 Å². The Balaban J connectivity index is 2.10. The molecule has 94 valence electrons. The van der Waals surface area contributed by atoms with Gasteiger partial charge in [0.1, 0.15) is 0 Å². The Bertz CT molecular complexity index is 477. The number of hydrogen-bond acceptors (Lipinski definition) is 6. The molecule has 2 rings (SSSR count). The fraction of sp³-hybridized carbons (Fsp3) is 0.455. The number of nitrogens with zero attached hydrogens (tertiary/aromatic N) is 5. The molecule has 0 aliphatic carbocycles. The maximum absolute atomic E-state index is 10.9. The van der Waals surface area contributed by atoms with Crippen LogP contribution < -0.4 is 4.90 Å². The third kappa shape index (κ3) is 2.55. The molecule has 0 saturated carbocycles. The lowest BCUT2D eigenvalue weighted by Gasteiger charge is -2.33. The number of nitro groups is 1. The van der Waals surface area contributed by atoms with Crippen molar-refractivity contribution >= 4 is 11.5 Å². The normalized spacial score (nSPS) is 16.3. The molecule has 0 atom stereocenters. The van der Waals surface area contributed by atoms with Crippen LogP contribution in [0.4, 0.5) is 11.5 Å². The van der Waals surface area contributed by atoms with Crippen molar-refractivity contribution in [1.29, 1.82) is 5.26 Å². The fourth-order valence-corrected chi connectivity index (χ4v) is 1.99. The first kappa shape index (κ1) is 12.3. The third-order valence-corrected chi connectivity index (χ3v) is 2.93. The van der Waals surface area contributed by atoms with Crippen molar-refractivity contribution in [3.05, 3.63) is 28.4 Å². The van der Waals surface area contributed by atoms with Crippen molar-refractivity contribution in [2.75, 3.05) is 37.6 Å². The summed E-state index contributed by atoms with van der Waals surface area (Å²) >= 11 is 0. The fourth-order valence-electron chi connectivity index (χ4n) is 1.99. The van der Waals surface area contributed by atoms with Gasteiger partial charge in [0.05, 0.1) is 17.5 Å². The molecular weight excluding hydrogens is 234 g/mol. The largest absolute Gasteiger partial charge is 0.348 e. The van der Waals surface area contributed by atoms with Crippen LogP contribution in [0.2, 0.25) is 0 Å². The van der Waals surface area contributed by atoms with Crippen LogP contribution in [0, 0.1) is 21.4 Å². The lowest BCUT2D eigenvalue weighted by Crippen LogP contribution is -2.46. The van der Waals surface area contributed by atoms with E-state index in [9.17, 15) is 10.1 Å². The molecule has 0 amide bonds. The van der Waals surface area contributed by atoms with Gasteiger partial charge in [-0.2, -0.15) is 5.26 Å². The number of aromatic nitrogens is 1. The van der Waals surface area contributed by atoms with Crippen molar-refractivity contribution in [3.63, 3.8) is 0 Å². The Labute approximate surface area is 104 Å². The number of rotatable bonds is 3. The maximum Gasteiger partial charge on any atom is 0.311 e. The van der Waals surface area contributed by atoms with Gasteiger partial charge in [0.25, 0.3) is 0 Å². The Morgan fingerprint density at radius 1 is 1.44 bits per heavy atom. The molecule has 1 aromatic rings. The predicted molar refractivity (Wildman–Crippen MR) is 65.2 cm³/mol. The molecule has 0 aromatic carbocycles. The summed E-state index contributed by atoms with van der Waals surface area (Å²) in [5.41, 5.74) is 0.0335. The number of piperazine rings is 1. The summed E-state index contributed by atoms with van der Waals surface area (Å²) < 4.78 is 0. The average Bonchev–Trinajstić information content (AvgIpc) is 2.40. The van der Waals surface area contributed by atoms with Gasteiger partial charge in [0.2, 0.25) is 5.82 Å². The predicted octanol–water partition coefficient (Wildman–Crippen LogP) is 0.635. The van der Waals surface area contributed by atoms with E-state index in [0.717, 1.165) is 13.1 Å². The molecular formula is C11H13N5O2. The van der Waals surface area contributed by atoms with E-state index < -0.39 is 4.92 Å². The summed E-state index contributed by atoms with van der Waals surface area (Å²) in [6.07, 6.45) is 1.56. The van der Waals surface area contributed by atoms with E-state index in [4.69, 9.17) is 5.26 Å². The minimum absolute atomic E-state index is 0.0335. The average molecular weight is 247 g/mol. The van der Waals surface area contributed by atoms with Gasteiger partial charge in [-0.15, -0.1) is 0 Å². The number of hydrogen-bond donors (Lipinski definition) is 0. The molecule has 0 radical (unpaired) electrons. The van der Waals surface area contributed by atoms with Gasteiger partial charge >= 0.3 is 5.69 Å². The summed E-state index contributed by atoms with van der Waals surface area (Å²) in [4.78, 5) is 18.5. The van der Waals surface area contributed by atoms with E-state index in [2.05, 4.69) is 11.1 Å². The number of anilines is 1. The first-order valence-electron chi connectivity index (χ1n) is 5.66. The highest BCUT2D eigenvalue weighted by atomic mass is 16.6. The number of nitriles is 1. The zero-order valence-electron chi connectivity index (χ0n) is 9.82. The third-order valence-electron chi connectivity index (χ3n) is 2.93. The second-order valence-electron chi connectivity index (χ2n) is 4.02. The second kappa shape index (κ2) is 5.42. The first-order chi connectivity index (χ1) is 8.72. The summed E-state index contributed by atoms with van der Waals surface area (Å²) in [5.74, 6) is 0.416. The Morgan fingerprint density at radius 2 is 2.17 bits per heavy atom. The number of pyridine rings is 1. The highest BCUT2D eigenvalue weighted by molar-refractivity contribution is 5.57. The van der Waals surface area contributed by atoms with Crippen LogP contribution in [0.3, 0.4) is 0 Å². The van der Waals surface area contributed by atoms with E-state index in [-0.39, 0.29) is 5.69 Å². The minimum Gasteiger partial charge on any atom is -0.348 e. The van der Waals surface area contributed by atoms with Crippen LogP contribution in [-0.2, 0) is 0 Å². The molecule has 1 saturated heterocycles. The Hall–Kier alpha value is -2.20.